The van der Waals surface area contributed by atoms with Crippen molar-refractivity contribution in [1.82, 2.24) is 0 Å². The predicted molar refractivity (Wildman–Crippen MR) is 56.2 cm³/mol. The molecule has 0 fully saturated rings. The first-order valence-electron chi connectivity index (χ1n) is 4.94. The van der Waals surface area contributed by atoms with Crippen LogP contribution < -0.4 is 4.74 Å². The highest BCUT2D eigenvalue weighted by Gasteiger charge is 2.16. The first-order valence-corrected chi connectivity index (χ1v) is 4.94. The van der Waals surface area contributed by atoms with E-state index in [1.54, 1.807) is 6.07 Å². The summed E-state index contributed by atoms with van der Waals surface area (Å²) in [4.78, 5) is 9.61. The molecule has 0 aliphatic carbocycles. The molecule has 16 heavy (non-hydrogen) atoms. The number of benzene rings is 1. The molecule has 1 aliphatic heterocycles. The molecule has 2 rings (SSSR count). The third kappa shape index (κ3) is 2.03. The lowest BCUT2D eigenvalue weighted by Crippen LogP contribution is -2.10. The van der Waals surface area contributed by atoms with E-state index in [9.17, 15) is 14.5 Å². The van der Waals surface area contributed by atoms with Gasteiger partial charge in [0.2, 0.25) is 6.20 Å². The first kappa shape index (κ1) is 10.6. The van der Waals surface area contributed by atoms with E-state index in [0.29, 0.717) is 24.3 Å². The highest BCUT2D eigenvalue weighted by Crippen LogP contribution is 2.30. The molecule has 0 atom stereocenters. The molecule has 1 aromatic carbocycles. The van der Waals surface area contributed by atoms with E-state index < -0.39 is 10.7 Å². The Hall–Kier alpha value is -1.91. The Morgan fingerprint density at radius 1 is 1.50 bits per heavy atom. The Labute approximate surface area is 91.5 Å². The highest BCUT2D eigenvalue weighted by molar-refractivity contribution is 5.58. The third-order valence-electron chi connectivity index (χ3n) is 2.45. The van der Waals surface area contributed by atoms with E-state index >= 15 is 0 Å². The van der Waals surface area contributed by atoms with Crippen LogP contribution >= 0.6 is 0 Å². The van der Waals surface area contributed by atoms with Gasteiger partial charge in [0.1, 0.15) is 11.6 Å². The van der Waals surface area contributed by atoms with Crippen LogP contribution in [-0.4, -0.2) is 11.5 Å². The van der Waals surface area contributed by atoms with Gasteiger partial charge in [-0.05, 0) is 25.0 Å². The second-order valence-electron chi connectivity index (χ2n) is 3.49. The lowest BCUT2D eigenvalue weighted by molar-refractivity contribution is -0.401. The van der Waals surface area contributed by atoms with E-state index in [-0.39, 0.29) is 5.56 Å². The lowest BCUT2D eigenvalue weighted by atomic mass is 9.99. The molecule has 0 saturated heterocycles. The Balaban J connectivity index is 2.45. The molecule has 0 N–H and O–H groups in total. The maximum atomic E-state index is 13.5. The molecule has 4 nitrogen and oxygen atoms in total. The topological polar surface area (TPSA) is 52.4 Å². The lowest BCUT2D eigenvalue weighted by Gasteiger charge is -2.19. The minimum absolute atomic E-state index is 0.258. The number of fused-ring (bicyclic) bond motifs is 1. The van der Waals surface area contributed by atoms with Crippen molar-refractivity contribution in [2.24, 2.45) is 0 Å². The standard InChI is InChI=1S/C11H10FNO3/c12-10-3-4-11-9(2-1-7-16-11)8(10)5-6-13(14)15/h3-6H,1-2,7H2/b6-5+. The van der Waals surface area contributed by atoms with E-state index in [0.717, 1.165) is 12.6 Å². The third-order valence-corrected chi connectivity index (χ3v) is 2.45. The molecular formula is C11H10FNO3. The molecule has 0 saturated carbocycles. The molecule has 0 spiro atoms. The van der Waals surface area contributed by atoms with Gasteiger partial charge in [0.05, 0.1) is 11.5 Å². The average Bonchev–Trinajstić information content (AvgIpc) is 2.27. The smallest absolute Gasteiger partial charge is 0.235 e. The molecule has 84 valence electrons. The van der Waals surface area contributed by atoms with Crippen LogP contribution in [0.15, 0.2) is 18.3 Å². The molecule has 0 unspecified atom stereocenters. The predicted octanol–water partition coefficient (Wildman–Crippen LogP) is 2.40. The molecule has 1 aromatic rings. The molecule has 1 aliphatic rings. The van der Waals surface area contributed by atoms with Crippen LogP contribution in [0.1, 0.15) is 17.5 Å². The van der Waals surface area contributed by atoms with Crippen LogP contribution in [0, 0.1) is 15.9 Å². The summed E-state index contributed by atoms with van der Waals surface area (Å²) in [6.45, 7) is 0.608. The fourth-order valence-electron chi connectivity index (χ4n) is 1.76. The van der Waals surface area contributed by atoms with Gasteiger partial charge in [-0.25, -0.2) is 4.39 Å². The summed E-state index contributed by atoms with van der Waals surface area (Å²) in [5.74, 6) is 0.165. The number of nitrogens with zero attached hydrogens (tertiary/aromatic N) is 1. The van der Waals surface area contributed by atoms with Crippen molar-refractivity contribution < 1.29 is 14.1 Å². The summed E-state index contributed by atoms with van der Waals surface area (Å²) < 4.78 is 18.9. The molecular weight excluding hydrogens is 213 g/mol. The van der Waals surface area contributed by atoms with Crippen molar-refractivity contribution in [3.05, 3.63) is 45.4 Å². The quantitative estimate of drug-likeness (QED) is 0.571. The normalized spacial score (nSPS) is 14.6. The molecule has 0 aromatic heterocycles. The Bertz CT molecular complexity index is 457. The first-order chi connectivity index (χ1) is 7.68. The SMILES string of the molecule is O=[N+]([O-])/C=C/c1c(F)ccc2c1CCCO2. The number of rotatable bonds is 2. The maximum Gasteiger partial charge on any atom is 0.235 e. The zero-order chi connectivity index (χ0) is 11.5. The van der Waals surface area contributed by atoms with Crippen LogP contribution in [0.4, 0.5) is 4.39 Å². The number of nitro groups is 1. The summed E-state index contributed by atoms with van der Waals surface area (Å²) >= 11 is 0. The number of ether oxygens (including phenoxy) is 1. The van der Waals surface area contributed by atoms with Gasteiger partial charge in [0.25, 0.3) is 0 Å². The molecule has 0 radical (unpaired) electrons. The largest absolute Gasteiger partial charge is 0.493 e. The van der Waals surface area contributed by atoms with Gasteiger partial charge in [0.15, 0.2) is 0 Å². The van der Waals surface area contributed by atoms with Crippen molar-refractivity contribution in [2.75, 3.05) is 6.61 Å². The summed E-state index contributed by atoms with van der Waals surface area (Å²) in [6, 6.07) is 2.83. The van der Waals surface area contributed by atoms with E-state index in [4.69, 9.17) is 4.74 Å². The van der Waals surface area contributed by atoms with Gasteiger partial charge in [-0.2, -0.15) is 0 Å². The Kier molecular flexibility index (Phi) is 2.85. The number of hydrogen-bond donors (Lipinski definition) is 0. The Morgan fingerprint density at radius 2 is 2.31 bits per heavy atom. The van der Waals surface area contributed by atoms with E-state index in [2.05, 4.69) is 0 Å². The summed E-state index contributed by atoms with van der Waals surface area (Å²) in [7, 11) is 0. The van der Waals surface area contributed by atoms with Gasteiger partial charge < -0.3 is 4.74 Å². The molecule has 1 heterocycles. The monoisotopic (exact) mass is 223 g/mol. The second-order valence-corrected chi connectivity index (χ2v) is 3.49. The summed E-state index contributed by atoms with van der Waals surface area (Å²) in [5, 5.41) is 10.2. The fraction of sp³-hybridized carbons (Fsp3) is 0.273. The van der Waals surface area contributed by atoms with Gasteiger partial charge >= 0.3 is 0 Å². The second kappa shape index (κ2) is 4.30. The van der Waals surface area contributed by atoms with Crippen LogP contribution in [0.5, 0.6) is 5.75 Å². The van der Waals surface area contributed by atoms with E-state index in [1.165, 1.54) is 12.1 Å². The zero-order valence-corrected chi connectivity index (χ0v) is 8.48. The Morgan fingerprint density at radius 3 is 3.06 bits per heavy atom. The fourth-order valence-corrected chi connectivity index (χ4v) is 1.76. The van der Waals surface area contributed by atoms with Gasteiger partial charge in [0, 0.05) is 17.2 Å². The van der Waals surface area contributed by atoms with Crippen molar-refractivity contribution in [3.8, 4) is 5.75 Å². The van der Waals surface area contributed by atoms with Crippen LogP contribution in [0.25, 0.3) is 6.08 Å². The van der Waals surface area contributed by atoms with E-state index in [1.807, 2.05) is 0 Å². The number of halogens is 1. The average molecular weight is 223 g/mol. The highest BCUT2D eigenvalue weighted by atomic mass is 19.1. The molecule has 0 bridgehead atoms. The van der Waals surface area contributed by atoms with Crippen molar-refractivity contribution >= 4 is 6.08 Å². The van der Waals surface area contributed by atoms with Gasteiger partial charge in [-0.1, -0.05) is 0 Å². The van der Waals surface area contributed by atoms with Crippen molar-refractivity contribution in [1.29, 1.82) is 0 Å². The molecule has 5 heteroatoms. The molecule has 0 amide bonds. The summed E-state index contributed by atoms with van der Waals surface area (Å²) in [6.07, 6.45) is 3.41. The number of hydrogen-bond acceptors (Lipinski definition) is 3. The summed E-state index contributed by atoms with van der Waals surface area (Å²) in [5.41, 5.74) is 0.971. The van der Waals surface area contributed by atoms with Crippen molar-refractivity contribution in [2.45, 2.75) is 12.8 Å². The zero-order valence-electron chi connectivity index (χ0n) is 8.48. The van der Waals surface area contributed by atoms with Gasteiger partial charge in [-0.15, -0.1) is 0 Å². The minimum Gasteiger partial charge on any atom is -0.493 e. The minimum atomic E-state index is -0.609. The van der Waals surface area contributed by atoms with Crippen LogP contribution in [0.2, 0.25) is 0 Å². The maximum absolute atomic E-state index is 13.5. The van der Waals surface area contributed by atoms with Gasteiger partial charge in [-0.3, -0.25) is 10.1 Å². The van der Waals surface area contributed by atoms with Crippen LogP contribution in [0.3, 0.4) is 0 Å². The van der Waals surface area contributed by atoms with Crippen molar-refractivity contribution in [3.63, 3.8) is 0 Å². The van der Waals surface area contributed by atoms with Crippen LogP contribution in [-0.2, 0) is 6.42 Å².